The molecule has 0 saturated carbocycles. The second-order valence-electron chi connectivity index (χ2n) is 4.98. The molecule has 0 aromatic carbocycles. The van der Waals surface area contributed by atoms with Crippen molar-refractivity contribution in [3.05, 3.63) is 11.7 Å². The van der Waals surface area contributed by atoms with Crippen molar-refractivity contribution in [3.8, 4) is 0 Å². The fourth-order valence-corrected chi connectivity index (χ4v) is 3.45. The van der Waals surface area contributed by atoms with Gasteiger partial charge in [-0.15, -0.1) is 0 Å². The maximum absolute atomic E-state index is 5.43. The number of aromatic nitrogens is 2. The molecule has 0 bridgehead atoms. The van der Waals surface area contributed by atoms with Gasteiger partial charge in [-0.2, -0.15) is 16.7 Å². The van der Waals surface area contributed by atoms with Gasteiger partial charge in [0.25, 0.3) is 0 Å². The Morgan fingerprint density at radius 2 is 2.28 bits per heavy atom. The molecular formula is C13H23N3OS. The van der Waals surface area contributed by atoms with Gasteiger partial charge in [0.1, 0.15) is 0 Å². The molecule has 1 aromatic rings. The normalized spacial score (nSPS) is 23.8. The highest BCUT2D eigenvalue weighted by molar-refractivity contribution is 7.99. The van der Waals surface area contributed by atoms with Crippen LogP contribution in [0.4, 0.5) is 0 Å². The van der Waals surface area contributed by atoms with Crippen molar-refractivity contribution in [1.82, 2.24) is 15.5 Å². The molecule has 1 fully saturated rings. The number of thioether (sulfide) groups is 1. The lowest BCUT2D eigenvalue weighted by Gasteiger charge is -2.18. The summed E-state index contributed by atoms with van der Waals surface area (Å²) in [7, 11) is 0. The number of likely N-dealkylation sites (N-methyl/N-ethyl adjacent to an activating group) is 1. The minimum absolute atomic E-state index is 0.264. The molecule has 0 amide bonds. The van der Waals surface area contributed by atoms with E-state index < -0.39 is 0 Å². The van der Waals surface area contributed by atoms with Crippen LogP contribution in [0.2, 0.25) is 0 Å². The van der Waals surface area contributed by atoms with E-state index in [0.29, 0.717) is 11.3 Å². The average Bonchev–Trinajstić information content (AvgIpc) is 2.89. The zero-order chi connectivity index (χ0) is 13.0. The maximum Gasteiger partial charge on any atom is 0.231 e. The highest BCUT2D eigenvalue weighted by Crippen LogP contribution is 2.37. The molecule has 0 aliphatic carbocycles. The Kier molecular flexibility index (Phi) is 5.06. The first-order valence-corrected chi connectivity index (χ1v) is 7.95. The van der Waals surface area contributed by atoms with Crippen molar-refractivity contribution in [2.45, 2.75) is 57.2 Å². The van der Waals surface area contributed by atoms with E-state index >= 15 is 0 Å². The van der Waals surface area contributed by atoms with Crippen molar-refractivity contribution >= 4 is 11.8 Å². The molecule has 1 aliphatic rings. The Morgan fingerprint density at radius 3 is 2.94 bits per heavy atom. The van der Waals surface area contributed by atoms with Crippen LogP contribution in [0.1, 0.15) is 62.9 Å². The molecule has 0 radical (unpaired) electrons. The molecule has 0 spiro atoms. The predicted octanol–water partition coefficient (Wildman–Crippen LogP) is 3.13. The minimum Gasteiger partial charge on any atom is -0.339 e. The van der Waals surface area contributed by atoms with Crippen molar-refractivity contribution in [2.24, 2.45) is 0 Å². The van der Waals surface area contributed by atoms with Crippen molar-refractivity contribution < 1.29 is 4.52 Å². The standard InChI is InChI=1S/C13H23N3OS/c1-4-14-10(3)9(2)13-15-12(16-17-13)11-7-5-6-8-18-11/h9-11,14H,4-8H2,1-3H3. The van der Waals surface area contributed by atoms with Gasteiger partial charge < -0.3 is 9.84 Å². The van der Waals surface area contributed by atoms with Gasteiger partial charge in [0.15, 0.2) is 5.82 Å². The van der Waals surface area contributed by atoms with Crippen LogP contribution >= 0.6 is 11.8 Å². The summed E-state index contributed by atoms with van der Waals surface area (Å²) in [6, 6.07) is 0.363. The smallest absolute Gasteiger partial charge is 0.231 e. The van der Waals surface area contributed by atoms with E-state index in [0.717, 1.165) is 18.3 Å². The van der Waals surface area contributed by atoms with E-state index in [9.17, 15) is 0 Å². The van der Waals surface area contributed by atoms with E-state index in [4.69, 9.17) is 4.52 Å². The van der Waals surface area contributed by atoms with Gasteiger partial charge in [0, 0.05) is 6.04 Å². The molecule has 2 heterocycles. The van der Waals surface area contributed by atoms with Crippen molar-refractivity contribution in [1.29, 1.82) is 0 Å². The molecule has 3 unspecified atom stereocenters. The van der Waals surface area contributed by atoms with Crippen LogP contribution in [0, 0.1) is 0 Å². The first-order chi connectivity index (χ1) is 8.72. The van der Waals surface area contributed by atoms with Crippen molar-refractivity contribution in [3.63, 3.8) is 0 Å². The molecule has 4 nitrogen and oxygen atoms in total. The van der Waals surface area contributed by atoms with E-state index in [-0.39, 0.29) is 5.92 Å². The van der Waals surface area contributed by atoms with Crippen LogP contribution in [-0.4, -0.2) is 28.5 Å². The molecule has 1 saturated heterocycles. The Morgan fingerprint density at radius 1 is 1.44 bits per heavy atom. The molecule has 1 N–H and O–H groups in total. The number of nitrogens with one attached hydrogen (secondary N) is 1. The second-order valence-corrected chi connectivity index (χ2v) is 6.29. The van der Waals surface area contributed by atoms with Gasteiger partial charge in [-0.05, 0) is 32.1 Å². The van der Waals surface area contributed by atoms with E-state index in [2.05, 4.69) is 36.2 Å². The quantitative estimate of drug-likeness (QED) is 0.890. The summed E-state index contributed by atoms with van der Waals surface area (Å²) in [5.74, 6) is 3.15. The highest BCUT2D eigenvalue weighted by Gasteiger charge is 2.25. The molecule has 18 heavy (non-hydrogen) atoms. The Labute approximate surface area is 113 Å². The van der Waals surface area contributed by atoms with E-state index in [1.165, 1.54) is 25.0 Å². The minimum atomic E-state index is 0.264. The largest absolute Gasteiger partial charge is 0.339 e. The monoisotopic (exact) mass is 269 g/mol. The van der Waals surface area contributed by atoms with Crippen LogP contribution in [0.3, 0.4) is 0 Å². The summed E-state index contributed by atoms with van der Waals surface area (Å²) in [5.41, 5.74) is 0. The summed E-state index contributed by atoms with van der Waals surface area (Å²) in [6.07, 6.45) is 3.78. The lowest BCUT2D eigenvalue weighted by molar-refractivity contribution is 0.329. The summed E-state index contributed by atoms with van der Waals surface area (Å²) in [6.45, 7) is 7.37. The van der Waals surface area contributed by atoms with Gasteiger partial charge in [-0.1, -0.05) is 25.4 Å². The molecular weight excluding hydrogens is 246 g/mol. The molecule has 3 atom stereocenters. The maximum atomic E-state index is 5.43. The lowest BCUT2D eigenvalue weighted by atomic mass is 10.0. The number of hydrogen-bond donors (Lipinski definition) is 1. The Balaban J connectivity index is 2.00. The second kappa shape index (κ2) is 6.57. The first-order valence-electron chi connectivity index (χ1n) is 6.90. The van der Waals surface area contributed by atoms with Gasteiger partial charge in [0.05, 0.1) is 11.2 Å². The molecule has 1 aromatic heterocycles. The molecule has 102 valence electrons. The van der Waals surface area contributed by atoms with Crippen molar-refractivity contribution in [2.75, 3.05) is 12.3 Å². The van der Waals surface area contributed by atoms with Gasteiger partial charge in [-0.25, -0.2) is 0 Å². The zero-order valence-corrected chi connectivity index (χ0v) is 12.3. The Bertz CT molecular complexity index is 363. The zero-order valence-electron chi connectivity index (χ0n) is 11.5. The van der Waals surface area contributed by atoms with Gasteiger partial charge in [-0.3, -0.25) is 0 Å². The topological polar surface area (TPSA) is 51.0 Å². The summed E-state index contributed by atoms with van der Waals surface area (Å²) < 4.78 is 5.43. The third-order valence-electron chi connectivity index (χ3n) is 3.59. The summed E-state index contributed by atoms with van der Waals surface area (Å²) in [5, 5.41) is 8.01. The fourth-order valence-electron chi connectivity index (χ4n) is 2.22. The predicted molar refractivity (Wildman–Crippen MR) is 74.9 cm³/mol. The van der Waals surface area contributed by atoms with Crippen LogP contribution in [0.5, 0.6) is 0 Å². The van der Waals surface area contributed by atoms with Crippen LogP contribution in [0.25, 0.3) is 0 Å². The summed E-state index contributed by atoms with van der Waals surface area (Å²) >= 11 is 1.96. The number of hydrogen-bond acceptors (Lipinski definition) is 5. The molecule has 5 heteroatoms. The molecule has 1 aliphatic heterocycles. The van der Waals surface area contributed by atoms with E-state index in [1.54, 1.807) is 0 Å². The third kappa shape index (κ3) is 3.26. The van der Waals surface area contributed by atoms with Gasteiger partial charge >= 0.3 is 0 Å². The average molecular weight is 269 g/mol. The van der Waals surface area contributed by atoms with Crippen LogP contribution < -0.4 is 5.32 Å². The third-order valence-corrected chi connectivity index (χ3v) is 4.96. The molecule has 2 rings (SSSR count). The Hall–Kier alpha value is -0.550. The van der Waals surface area contributed by atoms with E-state index in [1.807, 2.05) is 11.8 Å². The highest BCUT2D eigenvalue weighted by atomic mass is 32.2. The van der Waals surface area contributed by atoms with Crippen LogP contribution in [-0.2, 0) is 0 Å². The lowest BCUT2D eigenvalue weighted by Crippen LogP contribution is -2.30. The van der Waals surface area contributed by atoms with Crippen LogP contribution in [0.15, 0.2) is 4.52 Å². The first kappa shape index (κ1) is 13.9. The fraction of sp³-hybridized carbons (Fsp3) is 0.846. The number of rotatable bonds is 5. The summed E-state index contributed by atoms with van der Waals surface area (Å²) in [4.78, 5) is 4.60. The van der Waals surface area contributed by atoms with Gasteiger partial charge in [0.2, 0.25) is 5.89 Å². The SMILES string of the molecule is CCNC(C)C(C)c1nc(C2CCCCS2)no1. The number of nitrogens with zero attached hydrogens (tertiary/aromatic N) is 2.